The molecular weight excluding hydrogens is 548 g/mol. The standard InChI is InChI=1S/C33H36N4O6/c1-4-32(38)42-22-8-6-20-40-29-16-14-28(15-17-29)35-34-26-10-12-27(13-11-26)36-37-31-19-18-30(24-25(31)3)41-21-7-9-23-43-33(39)5-2/h4-5,10-19,24H,1-2,6-9,20-23H2,3H3. The molecule has 0 bridgehead atoms. The number of hydrogen-bond acceptors (Lipinski definition) is 10. The summed E-state index contributed by atoms with van der Waals surface area (Å²) in [5.74, 6) is 0.652. The molecular formula is C33H36N4O6. The summed E-state index contributed by atoms with van der Waals surface area (Å²) in [6.07, 6.45) is 5.27. The zero-order valence-electron chi connectivity index (χ0n) is 24.3. The normalized spacial score (nSPS) is 10.9. The summed E-state index contributed by atoms with van der Waals surface area (Å²) in [6.45, 7) is 10.4. The van der Waals surface area contributed by atoms with Crippen LogP contribution in [-0.2, 0) is 19.1 Å². The number of rotatable bonds is 18. The first-order chi connectivity index (χ1) is 21.0. The number of benzene rings is 3. The first-order valence-electron chi connectivity index (χ1n) is 13.9. The maximum Gasteiger partial charge on any atom is 0.330 e. The lowest BCUT2D eigenvalue weighted by Gasteiger charge is -2.08. The van der Waals surface area contributed by atoms with Gasteiger partial charge in [0.05, 0.1) is 49.2 Å². The van der Waals surface area contributed by atoms with Crippen LogP contribution in [0.25, 0.3) is 0 Å². The van der Waals surface area contributed by atoms with Crippen molar-refractivity contribution < 1.29 is 28.5 Å². The lowest BCUT2D eigenvalue weighted by molar-refractivity contribution is -0.138. The first kappa shape index (κ1) is 32.4. The van der Waals surface area contributed by atoms with E-state index < -0.39 is 11.9 Å². The molecule has 0 radical (unpaired) electrons. The highest BCUT2D eigenvalue weighted by Gasteiger charge is 2.02. The van der Waals surface area contributed by atoms with Crippen LogP contribution in [0.3, 0.4) is 0 Å². The Kier molecular flexibility index (Phi) is 13.8. The number of hydrogen-bond donors (Lipinski definition) is 0. The molecule has 0 aromatic heterocycles. The molecule has 3 aromatic carbocycles. The molecule has 0 unspecified atom stereocenters. The molecule has 0 aliphatic heterocycles. The van der Waals surface area contributed by atoms with Gasteiger partial charge in [-0.2, -0.15) is 20.5 Å². The maximum absolute atomic E-state index is 11.0. The van der Waals surface area contributed by atoms with Crippen molar-refractivity contribution in [2.75, 3.05) is 26.4 Å². The molecule has 10 heteroatoms. The van der Waals surface area contributed by atoms with Gasteiger partial charge in [0.1, 0.15) is 11.5 Å². The summed E-state index contributed by atoms with van der Waals surface area (Å²) in [5, 5.41) is 17.3. The van der Waals surface area contributed by atoms with E-state index >= 15 is 0 Å². The Hall–Kier alpha value is -5.12. The highest BCUT2D eigenvalue weighted by atomic mass is 16.5. The maximum atomic E-state index is 11.0. The predicted octanol–water partition coefficient (Wildman–Crippen LogP) is 8.60. The summed E-state index contributed by atoms with van der Waals surface area (Å²) in [6, 6.07) is 20.3. The number of esters is 2. The Morgan fingerprint density at radius 1 is 0.605 bits per heavy atom. The molecule has 0 aliphatic carbocycles. The fourth-order valence-corrected chi connectivity index (χ4v) is 3.50. The molecule has 0 N–H and O–H groups in total. The summed E-state index contributed by atoms with van der Waals surface area (Å²) < 4.78 is 21.4. The van der Waals surface area contributed by atoms with E-state index in [0.717, 1.165) is 60.6 Å². The van der Waals surface area contributed by atoms with E-state index in [1.165, 1.54) is 0 Å². The second-order valence-electron chi connectivity index (χ2n) is 9.21. The average molecular weight is 585 g/mol. The van der Waals surface area contributed by atoms with Gasteiger partial charge >= 0.3 is 11.9 Å². The van der Waals surface area contributed by atoms with E-state index in [2.05, 4.69) is 33.6 Å². The van der Waals surface area contributed by atoms with E-state index in [4.69, 9.17) is 18.9 Å². The molecule has 3 aromatic rings. The van der Waals surface area contributed by atoms with Crippen LogP contribution < -0.4 is 9.47 Å². The van der Waals surface area contributed by atoms with Crippen LogP contribution in [0.1, 0.15) is 31.2 Å². The molecule has 224 valence electrons. The fraction of sp³-hybridized carbons (Fsp3) is 0.273. The fourth-order valence-electron chi connectivity index (χ4n) is 3.50. The number of aryl methyl sites for hydroxylation is 1. The Labute approximate surface area is 251 Å². The quantitative estimate of drug-likeness (QED) is 0.0639. The van der Waals surface area contributed by atoms with Crippen LogP contribution in [0.4, 0.5) is 22.7 Å². The van der Waals surface area contributed by atoms with Crippen molar-refractivity contribution in [2.45, 2.75) is 32.6 Å². The zero-order valence-corrected chi connectivity index (χ0v) is 24.3. The van der Waals surface area contributed by atoms with Gasteiger partial charge in [0.2, 0.25) is 0 Å². The molecule has 43 heavy (non-hydrogen) atoms. The summed E-state index contributed by atoms with van der Waals surface area (Å²) in [4.78, 5) is 22.0. The Balaban J connectivity index is 1.40. The third kappa shape index (κ3) is 12.5. The first-order valence-corrected chi connectivity index (χ1v) is 13.9. The molecule has 0 amide bonds. The third-order valence-electron chi connectivity index (χ3n) is 5.85. The minimum absolute atomic E-state index is 0.349. The zero-order chi connectivity index (χ0) is 30.7. The highest BCUT2D eigenvalue weighted by Crippen LogP contribution is 2.27. The van der Waals surface area contributed by atoms with Gasteiger partial charge < -0.3 is 18.9 Å². The van der Waals surface area contributed by atoms with Crippen molar-refractivity contribution in [2.24, 2.45) is 20.5 Å². The average Bonchev–Trinajstić information content (AvgIpc) is 3.03. The largest absolute Gasteiger partial charge is 0.494 e. The number of carbonyl (C=O) groups is 2. The second kappa shape index (κ2) is 18.3. The minimum Gasteiger partial charge on any atom is -0.494 e. The third-order valence-corrected chi connectivity index (χ3v) is 5.85. The Morgan fingerprint density at radius 2 is 1.02 bits per heavy atom. The number of azo groups is 2. The van der Waals surface area contributed by atoms with E-state index in [1.807, 2.05) is 73.7 Å². The minimum atomic E-state index is -0.414. The van der Waals surface area contributed by atoms with Crippen LogP contribution in [0.5, 0.6) is 11.5 Å². The van der Waals surface area contributed by atoms with Crippen LogP contribution >= 0.6 is 0 Å². The molecule has 0 spiro atoms. The van der Waals surface area contributed by atoms with Crippen LogP contribution in [-0.4, -0.2) is 38.4 Å². The monoisotopic (exact) mass is 584 g/mol. The molecule has 0 saturated carbocycles. The molecule has 0 fully saturated rings. The number of unbranched alkanes of at least 4 members (excludes halogenated alkanes) is 2. The van der Waals surface area contributed by atoms with Crippen LogP contribution in [0.15, 0.2) is 112 Å². The molecule has 3 rings (SSSR count). The molecule has 0 atom stereocenters. The number of ether oxygens (including phenoxy) is 4. The lowest BCUT2D eigenvalue weighted by atomic mass is 10.2. The van der Waals surface area contributed by atoms with Gasteiger partial charge in [0, 0.05) is 12.2 Å². The number of carbonyl (C=O) groups excluding carboxylic acids is 2. The molecule has 0 heterocycles. The SMILES string of the molecule is C=CC(=O)OCCCCOc1ccc(N=Nc2ccc(N=Nc3ccc(OCCCCOC(=O)C=C)cc3C)cc2)cc1. The topological polar surface area (TPSA) is 120 Å². The Morgan fingerprint density at radius 3 is 1.51 bits per heavy atom. The summed E-state index contributed by atoms with van der Waals surface area (Å²) in [5.41, 5.74) is 3.76. The van der Waals surface area contributed by atoms with Crippen molar-refractivity contribution in [1.29, 1.82) is 0 Å². The van der Waals surface area contributed by atoms with Gasteiger partial charge in [-0.15, -0.1) is 0 Å². The van der Waals surface area contributed by atoms with E-state index in [9.17, 15) is 9.59 Å². The van der Waals surface area contributed by atoms with Crippen LogP contribution in [0.2, 0.25) is 0 Å². The van der Waals surface area contributed by atoms with Gasteiger partial charge in [-0.3, -0.25) is 0 Å². The van der Waals surface area contributed by atoms with Crippen molar-refractivity contribution in [1.82, 2.24) is 0 Å². The van der Waals surface area contributed by atoms with Gasteiger partial charge in [-0.25, -0.2) is 9.59 Å². The predicted molar refractivity (Wildman–Crippen MR) is 164 cm³/mol. The van der Waals surface area contributed by atoms with Gasteiger partial charge in [0.15, 0.2) is 0 Å². The van der Waals surface area contributed by atoms with Crippen molar-refractivity contribution in [3.05, 3.63) is 97.6 Å². The van der Waals surface area contributed by atoms with Crippen molar-refractivity contribution in [3.8, 4) is 11.5 Å². The lowest BCUT2D eigenvalue weighted by Crippen LogP contribution is -2.04. The van der Waals surface area contributed by atoms with Crippen LogP contribution in [0, 0.1) is 6.92 Å². The van der Waals surface area contributed by atoms with Crippen molar-refractivity contribution >= 4 is 34.7 Å². The van der Waals surface area contributed by atoms with Crippen molar-refractivity contribution in [3.63, 3.8) is 0 Å². The van der Waals surface area contributed by atoms with Gasteiger partial charge in [0.25, 0.3) is 0 Å². The van der Waals surface area contributed by atoms with E-state index in [1.54, 1.807) is 0 Å². The van der Waals surface area contributed by atoms with Gasteiger partial charge in [-0.05, 0) is 105 Å². The summed E-state index contributed by atoms with van der Waals surface area (Å²) in [7, 11) is 0. The molecule has 0 aliphatic rings. The molecule has 0 saturated heterocycles. The molecule has 10 nitrogen and oxygen atoms in total. The summed E-state index contributed by atoms with van der Waals surface area (Å²) >= 11 is 0. The number of nitrogens with zero attached hydrogens (tertiary/aromatic N) is 4. The van der Waals surface area contributed by atoms with E-state index in [0.29, 0.717) is 43.5 Å². The van der Waals surface area contributed by atoms with Gasteiger partial charge in [-0.1, -0.05) is 13.2 Å². The smallest absolute Gasteiger partial charge is 0.330 e. The van der Waals surface area contributed by atoms with E-state index in [-0.39, 0.29) is 0 Å². The second-order valence-corrected chi connectivity index (χ2v) is 9.21. The Bertz CT molecular complexity index is 1400. The highest BCUT2D eigenvalue weighted by molar-refractivity contribution is 5.81.